The molecular weight excluding hydrogens is 98.0 g/mol. The molecule has 1 heterocycles. The van der Waals surface area contributed by atoms with Gasteiger partial charge in [-0.25, -0.2) is 0 Å². The Kier molecular flexibility index (Phi) is 1.44. The Hall–Kier alpha value is 0.600. The first-order valence-corrected chi connectivity index (χ1v) is 3.57. The van der Waals surface area contributed by atoms with Gasteiger partial charge >= 0.3 is 0 Å². The lowest BCUT2D eigenvalue weighted by Crippen LogP contribution is -1.19. The summed E-state index contributed by atoms with van der Waals surface area (Å²) in [5.74, 6) is 7.50. The van der Waals surface area contributed by atoms with E-state index < -0.39 is 0 Å². The molecule has 1 aliphatic rings. The lowest BCUT2D eigenvalue weighted by atomic mass is 11.3. The molecule has 0 aromatic carbocycles. The summed E-state index contributed by atoms with van der Waals surface area (Å²) in [6.07, 6.45) is 0. The molecule has 0 bridgehead atoms. The van der Waals surface area contributed by atoms with Crippen molar-refractivity contribution < 1.29 is 0 Å². The molecule has 0 saturated carbocycles. The van der Waals surface area contributed by atoms with Crippen LogP contribution in [0.5, 0.6) is 0 Å². The van der Waals surface area contributed by atoms with Gasteiger partial charge in [-0.1, -0.05) is 28.8 Å². The second-order valence-corrected chi connectivity index (χ2v) is 2.99. The lowest BCUT2D eigenvalue weighted by molar-refractivity contribution is 2.58. The predicted octanol–water partition coefficient (Wildman–Crippen LogP) is 1.82. The van der Waals surface area contributed by atoms with E-state index in [4.69, 9.17) is 0 Å². The Morgan fingerprint density at radius 2 is 1.80 bits per heavy atom. The van der Waals surface area contributed by atoms with Gasteiger partial charge in [-0.15, -0.1) is 0 Å². The third-order valence-electron chi connectivity index (χ3n) is 0.394. The number of hydrogen-bond donors (Lipinski definition) is 0. The SMILES string of the molecule is [C]1PC=CP1. The summed E-state index contributed by atoms with van der Waals surface area (Å²) in [6.45, 7) is 0. The average Bonchev–Trinajstić information content (AvgIpc) is 1.76. The molecule has 2 radical (unpaired) electrons. The summed E-state index contributed by atoms with van der Waals surface area (Å²) in [7, 11) is 1.78. The van der Waals surface area contributed by atoms with Crippen molar-refractivity contribution in [2.75, 3.05) is 0 Å². The summed E-state index contributed by atoms with van der Waals surface area (Å²) < 4.78 is 0. The first kappa shape index (κ1) is 3.78. The fourth-order valence-electron chi connectivity index (χ4n) is 0.208. The summed E-state index contributed by atoms with van der Waals surface area (Å²) in [6, 6.07) is 0. The van der Waals surface area contributed by atoms with E-state index in [1.54, 1.807) is 0 Å². The molecule has 0 aromatic rings. The van der Waals surface area contributed by atoms with Crippen LogP contribution in [0, 0.1) is 5.90 Å². The van der Waals surface area contributed by atoms with Gasteiger partial charge in [0.15, 0.2) is 0 Å². The zero-order chi connectivity index (χ0) is 3.54. The van der Waals surface area contributed by atoms with Crippen molar-refractivity contribution >= 4 is 17.2 Å². The zero-order valence-corrected chi connectivity index (χ0v) is 4.65. The van der Waals surface area contributed by atoms with E-state index in [9.17, 15) is 0 Å². The van der Waals surface area contributed by atoms with Gasteiger partial charge < -0.3 is 0 Å². The molecule has 0 N–H and O–H groups in total. The summed E-state index contributed by atoms with van der Waals surface area (Å²) >= 11 is 0. The quantitative estimate of drug-likeness (QED) is 0.409. The standard InChI is InChI=1S/C3H4P2/c1-2-5-3-4-1/h1-2,4-5H. The third-order valence-corrected chi connectivity index (χ3v) is 2.55. The summed E-state index contributed by atoms with van der Waals surface area (Å²) in [4.78, 5) is 0. The van der Waals surface area contributed by atoms with Gasteiger partial charge in [0.1, 0.15) is 0 Å². The predicted molar refractivity (Wildman–Crippen MR) is 29.0 cm³/mol. The van der Waals surface area contributed by atoms with Crippen molar-refractivity contribution in [1.82, 2.24) is 0 Å². The normalized spacial score (nSPS) is 30.4. The van der Waals surface area contributed by atoms with Crippen LogP contribution in [0.2, 0.25) is 0 Å². The highest BCUT2D eigenvalue weighted by atomic mass is 31.1. The van der Waals surface area contributed by atoms with E-state index in [1.165, 1.54) is 0 Å². The molecule has 0 fully saturated rings. The van der Waals surface area contributed by atoms with E-state index in [1.807, 2.05) is 0 Å². The van der Waals surface area contributed by atoms with Gasteiger partial charge in [0.25, 0.3) is 0 Å². The Morgan fingerprint density at radius 1 is 1.20 bits per heavy atom. The molecule has 2 unspecified atom stereocenters. The lowest BCUT2D eigenvalue weighted by Gasteiger charge is -1.68. The smallest absolute Gasteiger partial charge is 0.0415 e. The van der Waals surface area contributed by atoms with Crippen LogP contribution in [0.3, 0.4) is 0 Å². The third kappa shape index (κ3) is 0.992. The number of hydrogen-bond acceptors (Lipinski definition) is 0. The van der Waals surface area contributed by atoms with Crippen LogP contribution in [0.4, 0.5) is 0 Å². The molecular formula is C3H4P2. The highest BCUT2D eigenvalue weighted by Gasteiger charge is 1.85. The second kappa shape index (κ2) is 1.90. The molecule has 0 aliphatic carbocycles. The fraction of sp³-hybridized carbons (Fsp3) is 0. The Labute approximate surface area is 35.6 Å². The molecule has 26 valence electrons. The van der Waals surface area contributed by atoms with Crippen molar-refractivity contribution in [2.45, 2.75) is 0 Å². The van der Waals surface area contributed by atoms with E-state index in [0.717, 1.165) is 17.2 Å². The van der Waals surface area contributed by atoms with E-state index in [2.05, 4.69) is 17.5 Å². The number of rotatable bonds is 0. The first-order chi connectivity index (χ1) is 2.50. The van der Waals surface area contributed by atoms with Gasteiger partial charge in [-0.2, -0.15) is 0 Å². The van der Waals surface area contributed by atoms with Gasteiger partial charge in [0, 0.05) is 5.90 Å². The molecule has 5 heavy (non-hydrogen) atoms. The summed E-state index contributed by atoms with van der Waals surface area (Å²) in [5, 5.41) is 0. The maximum absolute atomic E-state index is 3.17. The van der Waals surface area contributed by atoms with Crippen molar-refractivity contribution in [3.8, 4) is 0 Å². The van der Waals surface area contributed by atoms with Crippen molar-refractivity contribution in [1.29, 1.82) is 0 Å². The van der Waals surface area contributed by atoms with Crippen LogP contribution in [0.25, 0.3) is 0 Å². The molecule has 0 saturated heterocycles. The molecule has 0 amide bonds. The van der Waals surface area contributed by atoms with Crippen molar-refractivity contribution in [2.24, 2.45) is 0 Å². The zero-order valence-electron chi connectivity index (χ0n) is 2.65. The van der Waals surface area contributed by atoms with Gasteiger partial charge in [-0.3, -0.25) is 0 Å². The Morgan fingerprint density at radius 3 is 2.00 bits per heavy atom. The topological polar surface area (TPSA) is 0 Å². The fourth-order valence-corrected chi connectivity index (χ4v) is 1.88. The van der Waals surface area contributed by atoms with Crippen LogP contribution in [-0.2, 0) is 0 Å². The molecule has 1 aliphatic heterocycles. The maximum Gasteiger partial charge on any atom is 0.0415 e. The van der Waals surface area contributed by atoms with Crippen LogP contribution >= 0.6 is 17.2 Å². The largest absolute Gasteiger partial charge is 0.0847 e. The maximum atomic E-state index is 3.17. The highest BCUT2D eigenvalue weighted by molar-refractivity contribution is 7.66. The minimum Gasteiger partial charge on any atom is -0.0847 e. The minimum atomic E-state index is 0.890. The monoisotopic (exact) mass is 102 g/mol. The molecule has 0 aromatic heterocycles. The second-order valence-electron chi connectivity index (χ2n) is 0.747. The summed E-state index contributed by atoms with van der Waals surface area (Å²) in [5.41, 5.74) is 0. The Bertz CT molecular complexity index is 42.9. The van der Waals surface area contributed by atoms with Crippen LogP contribution in [-0.4, -0.2) is 0 Å². The minimum absolute atomic E-state index is 0.890. The average molecular weight is 102 g/mol. The van der Waals surface area contributed by atoms with Crippen LogP contribution < -0.4 is 0 Å². The van der Waals surface area contributed by atoms with Crippen molar-refractivity contribution in [3.63, 3.8) is 0 Å². The van der Waals surface area contributed by atoms with Crippen LogP contribution in [0.1, 0.15) is 0 Å². The van der Waals surface area contributed by atoms with E-state index in [0.29, 0.717) is 0 Å². The molecule has 0 nitrogen and oxygen atoms in total. The van der Waals surface area contributed by atoms with Crippen molar-refractivity contribution in [3.05, 3.63) is 17.5 Å². The first-order valence-electron chi connectivity index (χ1n) is 1.41. The van der Waals surface area contributed by atoms with Crippen LogP contribution in [0.15, 0.2) is 11.6 Å². The van der Waals surface area contributed by atoms with Gasteiger partial charge in [-0.05, 0) is 0 Å². The molecule has 0 spiro atoms. The molecule has 1 rings (SSSR count). The van der Waals surface area contributed by atoms with E-state index >= 15 is 0 Å². The van der Waals surface area contributed by atoms with Gasteiger partial charge in [0.2, 0.25) is 0 Å². The Balaban J connectivity index is 2.32. The highest BCUT2D eigenvalue weighted by Crippen LogP contribution is 2.39. The van der Waals surface area contributed by atoms with E-state index in [-0.39, 0.29) is 0 Å². The molecule has 2 heteroatoms. The molecule has 2 atom stereocenters. The van der Waals surface area contributed by atoms with Gasteiger partial charge in [0.05, 0.1) is 0 Å².